The Morgan fingerprint density at radius 1 is 1.23 bits per heavy atom. The molecule has 1 heterocycles. The van der Waals surface area contributed by atoms with Gasteiger partial charge >= 0.3 is 12.0 Å². The van der Waals surface area contributed by atoms with Gasteiger partial charge in [0, 0.05) is 18.4 Å². The first-order valence-electron chi connectivity index (χ1n) is 7.00. The number of aryl methyl sites for hydroxylation is 1. The Hall–Kier alpha value is -2.83. The standard InChI is InChI=1S/C15H18N4O3/c1-3-19-10-13(9-16-19)18-15(21)17-12-7-5-6-11(8-12)14(20)22-4-2/h5-10H,3-4H2,1-2H3,(H2,17,18,21). The Kier molecular flexibility index (Phi) is 5.13. The molecule has 0 aliphatic heterocycles. The summed E-state index contributed by atoms with van der Waals surface area (Å²) < 4.78 is 6.63. The lowest BCUT2D eigenvalue weighted by Gasteiger charge is -2.07. The summed E-state index contributed by atoms with van der Waals surface area (Å²) in [6.45, 7) is 4.73. The zero-order valence-electron chi connectivity index (χ0n) is 12.5. The van der Waals surface area contributed by atoms with E-state index in [1.54, 1.807) is 48.3 Å². The first-order chi connectivity index (χ1) is 10.6. The molecular formula is C15H18N4O3. The fraction of sp³-hybridized carbons (Fsp3) is 0.267. The summed E-state index contributed by atoms with van der Waals surface area (Å²) in [5, 5.41) is 9.40. The van der Waals surface area contributed by atoms with Crippen LogP contribution >= 0.6 is 0 Å². The fourth-order valence-corrected chi connectivity index (χ4v) is 1.83. The molecule has 0 radical (unpaired) electrons. The number of carbonyl (C=O) groups excluding carboxylic acids is 2. The maximum Gasteiger partial charge on any atom is 0.338 e. The number of benzene rings is 1. The third-order valence-corrected chi connectivity index (χ3v) is 2.85. The van der Waals surface area contributed by atoms with Crippen molar-refractivity contribution >= 4 is 23.4 Å². The third kappa shape index (κ3) is 4.08. The molecule has 2 N–H and O–H groups in total. The first-order valence-corrected chi connectivity index (χ1v) is 7.00. The van der Waals surface area contributed by atoms with Crippen molar-refractivity contribution in [2.24, 2.45) is 0 Å². The van der Waals surface area contributed by atoms with Crippen LogP contribution in [0, 0.1) is 0 Å². The minimum absolute atomic E-state index is 0.304. The number of ether oxygens (including phenoxy) is 1. The summed E-state index contributed by atoms with van der Waals surface area (Å²) >= 11 is 0. The molecule has 7 nitrogen and oxygen atoms in total. The number of hydrogen-bond acceptors (Lipinski definition) is 4. The van der Waals surface area contributed by atoms with Crippen molar-refractivity contribution in [3.8, 4) is 0 Å². The van der Waals surface area contributed by atoms with Gasteiger partial charge < -0.3 is 15.4 Å². The maximum atomic E-state index is 11.9. The van der Waals surface area contributed by atoms with Crippen LogP contribution in [0.1, 0.15) is 24.2 Å². The number of anilines is 2. The average Bonchev–Trinajstić information content (AvgIpc) is 2.95. The molecule has 0 saturated carbocycles. The van der Waals surface area contributed by atoms with Crippen LogP contribution in [0.25, 0.3) is 0 Å². The van der Waals surface area contributed by atoms with Crippen LogP contribution in [0.15, 0.2) is 36.7 Å². The van der Waals surface area contributed by atoms with E-state index in [1.165, 1.54) is 0 Å². The SMILES string of the molecule is CCOC(=O)c1cccc(NC(=O)Nc2cnn(CC)c2)c1. The molecule has 0 atom stereocenters. The lowest BCUT2D eigenvalue weighted by molar-refractivity contribution is 0.0526. The highest BCUT2D eigenvalue weighted by Crippen LogP contribution is 2.13. The molecule has 0 fully saturated rings. The van der Waals surface area contributed by atoms with Gasteiger partial charge in [-0.2, -0.15) is 5.10 Å². The number of nitrogens with one attached hydrogen (secondary N) is 2. The molecule has 2 rings (SSSR count). The summed E-state index contributed by atoms with van der Waals surface area (Å²) in [7, 11) is 0. The van der Waals surface area contributed by atoms with E-state index < -0.39 is 12.0 Å². The van der Waals surface area contributed by atoms with E-state index in [9.17, 15) is 9.59 Å². The Bertz CT molecular complexity index is 666. The van der Waals surface area contributed by atoms with Crippen LogP contribution in [-0.4, -0.2) is 28.4 Å². The molecule has 0 unspecified atom stereocenters. The largest absolute Gasteiger partial charge is 0.462 e. The van der Waals surface area contributed by atoms with Gasteiger partial charge in [-0.05, 0) is 32.0 Å². The highest BCUT2D eigenvalue weighted by Gasteiger charge is 2.09. The van der Waals surface area contributed by atoms with Crippen LogP contribution in [-0.2, 0) is 11.3 Å². The van der Waals surface area contributed by atoms with E-state index in [0.717, 1.165) is 6.54 Å². The minimum Gasteiger partial charge on any atom is -0.462 e. The zero-order valence-corrected chi connectivity index (χ0v) is 12.5. The number of rotatable bonds is 5. The Morgan fingerprint density at radius 2 is 2.00 bits per heavy atom. The summed E-state index contributed by atoms with van der Waals surface area (Å²) in [6, 6.07) is 6.16. The number of esters is 1. The second kappa shape index (κ2) is 7.26. The normalized spacial score (nSPS) is 10.1. The fourth-order valence-electron chi connectivity index (χ4n) is 1.83. The Morgan fingerprint density at radius 3 is 2.68 bits per heavy atom. The molecule has 22 heavy (non-hydrogen) atoms. The number of aromatic nitrogens is 2. The van der Waals surface area contributed by atoms with E-state index in [2.05, 4.69) is 15.7 Å². The number of urea groups is 1. The quantitative estimate of drug-likeness (QED) is 0.832. The van der Waals surface area contributed by atoms with Gasteiger partial charge in [0.25, 0.3) is 0 Å². The third-order valence-electron chi connectivity index (χ3n) is 2.85. The minimum atomic E-state index is -0.421. The van der Waals surface area contributed by atoms with E-state index in [1.807, 2.05) is 6.92 Å². The van der Waals surface area contributed by atoms with E-state index in [4.69, 9.17) is 4.74 Å². The summed E-state index contributed by atoms with van der Waals surface area (Å²) in [4.78, 5) is 23.6. The smallest absolute Gasteiger partial charge is 0.338 e. The maximum absolute atomic E-state index is 11.9. The topological polar surface area (TPSA) is 85.2 Å². The van der Waals surface area contributed by atoms with Gasteiger partial charge in [-0.3, -0.25) is 4.68 Å². The molecule has 0 aliphatic carbocycles. The molecule has 2 amide bonds. The van der Waals surface area contributed by atoms with Gasteiger partial charge in [0.05, 0.1) is 24.1 Å². The van der Waals surface area contributed by atoms with Crippen LogP contribution in [0.3, 0.4) is 0 Å². The Balaban J connectivity index is 1.99. The predicted molar refractivity (Wildman–Crippen MR) is 82.9 cm³/mol. The zero-order chi connectivity index (χ0) is 15.9. The van der Waals surface area contributed by atoms with Crippen molar-refractivity contribution in [1.29, 1.82) is 0 Å². The van der Waals surface area contributed by atoms with E-state index in [-0.39, 0.29) is 0 Å². The van der Waals surface area contributed by atoms with Gasteiger partial charge in [-0.15, -0.1) is 0 Å². The van der Waals surface area contributed by atoms with E-state index in [0.29, 0.717) is 23.5 Å². The van der Waals surface area contributed by atoms with Crippen LogP contribution in [0.5, 0.6) is 0 Å². The molecule has 1 aromatic heterocycles. The summed E-state index contributed by atoms with van der Waals surface area (Å²) in [5.41, 5.74) is 1.49. The molecule has 0 spiro atoms. The van der Waals surface area contributed by atoms with Crippen LogP contribution < -0.4 is 10.6 Å². The highest BCUT2D eigenvalue weighted by atomic mass is 16.5. The van der Waals surface area contributed by atoms with Crippen molar-refractivity contribution in [2.45, 2.75) is 20.4 Å². The number of hydrogen-bond donors (Lipinski definition) is 2. The first kappa shape index (κ1) is 15.6. The van der Waals surface area contributed by atoms with Gasteiger partial charge in [-0.25, -0.2) is 9.59 Å². The molecule has 7 heteroatoms. The molecule has 0 bridgehead atoms. The van der Waals surface area contributed by atoms with Crippen LogP contribution in [0.2, 0.25) is 0 Å². The Labute approximate surface area is 128 Å². The molecule has 0 aliphatic rings. The van der Waals surface area contributed by atoms with Gasteiger partial charge in [0.2, 0.25) is 0 Å². The monoisotopic (exact) mass is 302 g/mol. The lowest BCUT2D eigenvalue weighted by atomic mass is 10.2. The lowest BCUT2D eigenvalue weighted by Crippen LogP contribution is -2.19. The predicted octanol–water partition coefficient (Wildman–Crippen LogP) is 2.72. The van der Waals surface area contributed by atoms with Crippen molar-refractivity contribution in [1.82, 2.24) is 9.78 Å². The molecule has 1 aromatic carbocycles. The van der Waals surface area contributed by atoms with Gasteiger partial charge in [0.15, 0.2) is 0 Å². The summed E-state index contributed by atoms with van der Waals surface area (Å²) in [6.07, 6.45) is 3.30. The molecular weight excluding hydrogens is 284 g/mol. The van der Waals surface area contributed by atoms with Crippen molar-refractivity contribution in [3.05, 3.63) is 42.2 Å². The van der Waals surface area contributed by atoms with Gasteiger partial charge in [0.1, 0.15) is 0 Å². The molecule has 2 aromatic rings. The summed E-state index contributed by atoms with van der Waals surface area (Å²) in [5.74, 6) is -0.421. The highest BCUT2D eigenvalue weighted by molar-refractivity contribution is 6.00. The molecule has 116 valence electrons. The van der Waals surface area contributed by atoms with Crippen molar-refractivity contribution in [2.75, 3.05) is 17.2 Å². The van der Waals surface area contributed by atoms with Crippen molar-refractivity contribution in [3.63, 3.8) is 0 Å². The number of carbonyl (C=O) groups is 2. The average molecular weight is 302 g/mol. The molecule has 0 saturated heterocycles. The number of nitrogens with zero attached hydrogens (tertiary/aromatic N) is 2. The van der Waals surface area contributed by atoms with E-state index >= 15 is 0 Å². The van der Waals surface area contributed by atoms with Crippen molar-refractivity contribution < 1.29 is 14.3 Å². The van der Waals surface area contributed by atoms with Gasteiger partial charge in [-0.1, -0.05) is 6.07 Å². The number of amides is 2. The second-order valence-corrected chi connectivity index (χ2v) is 4.47. The second-order valence-electron chi connectivity index (χ2n) is 4.47. The van der Waals surface area contributed by atoms with Crippen LogP contribution in [0.4, 0.5) is 16.2 Å².